The lowest BCUT2D eigenvalue weighted by Crippen LogP contribution is -2.35. The molecule has 0 bridgehead atoms. The van der Waals surface area contributed by atoms with E-state index in [9.17, 15) is 0 Å². The summed E-state index contributed by atoms with van der Waals surface area (Å²) in [6.45, 7) is 9.73. The molecule has 0 aromatic carbocycles. The van der Waals surface area contributed by atoms with E-state index in [-0.39, 0.29) is 6.04 Å². The van der Waals surface area contributed by atoms with Crippen molar-refractivity contribution in [2.45, 2.75) is 65.5 Å². The van der Waals surface area contributed by atoms with Gasteiger partial charge in [0.1, 0.15) is 0 Å². The molecular formula is C13H27NO. The van der Waals surface area contributed by atoms with Crippen molar-refractivity contribution in [2.24, 2.45) is 17.1 Å². The summed E-state index contributed by atoms with van der Waals surface area (Å²) in [5, 5.41) is 0. The summed E-state index contributed by atoms with van der Waals surface area (Å²) in [6, 6.07) is 0.194. The van der Waals surface area contributed by atoms with Crippen molar-refractivity contribution in [1.82, 2.24) is 0 Å². The fourth-order valence-electron chi connectivity index (χ4n) is 1.98. The fraction of sp³-hybridized carbons (Fsp3) is 1.00. The zero-order valence-corrected chi connectivity index (χ0v) is 10.8. The molecule has 2 nitrogen and oxygen atoms in total. The monoisotopic (exact) mass is 213 g/mol. The van der Waals surface area contributed by atoms with E-state index in [0.717, 1.165) is 6.61 Å². The lowest BCUT2D eigenvalue weighted by molar-refractivity contribution is -0.00588. The summed E-state index contributed by atoms with van der Waals surface area (Å²) in [7, 11) is 0. The van der Waals surface area contributed by atoms with Crippen LogP contribution in [0.3, 0.4) is 0 Å². The largest absolute Gasteiger partial charge is 0.377 e. The Balaban J connectivity index is 2.19. The van der Waals surface area contributed by atoms with Crippen LogP contribution in [0.15, 0.2) is 0 Å². The Morgan fingerprint density at radius 2 is 1.80 bits per heavy atom. The molecule has 1 saturated carbocycles. The van der Waals surface area contributed by atoms with Gasteiger partial charge in [0.2, 0.25) is 0 Å². The van der Waals surface area contributed by atoms with Gasteiger partial charge in [0, 0.05) is 6.04 Å². The van der Waals surface area contributed by atoms with Gasteiger partial charge in [-0.3, -0.25) is 0 Å². The molecule has 0 aromatic heterocycles. The van der Waals surface area contributed by atoms with Crippen LogP contribution in [0.1, 0.15) is 53.4 Å². The fourth-order valence-corrected chi connectivity index (χ4v) is 1.98. The van der Waals surface area contributed by atoms with Crippen molar-refractivity contribution in [2.75, 3.05) is 6.61 Å². The molecule has 1 fully saturated rings. The van der Waals surface area contributed by atoms with Gasteiger partial charge in [0.25, 0.3) is 0 Å². The topological polar surface area (TPSA) is 35.2 Å². The molecule has 2 heteroatoms. The average Bonchev–Trinajstić information content (AvgIpc) is 2.15. The van der Waals surface area contributed by atoms with Crippen molar-refractivity contribution in [1.29, 1.82) is 0 Å². The first-order valence-corrected chi connectivity index (χ1v) is 6.28. The zero-order valence-electron chi connectivity index (χ0n) is 10.8. The van der Waals surface area contributed by atoms with E-state index in [1.807, 2.05) is 0 Å². The molecule has 0 radical (unpaired) electrons. The van der Waals surface area contributed by atoms with Gasteiger partial charge in [-0.05, 0) is 37.0 Å². The SMILES string of the molecule is CC(C)C(N)COC1CCC(C)(C)CC1. The van der Waals surface area contributed by atoms with Crippen molar-refractivity contribution in [3.8, 4) is 0 Å². The van der Waals surface area contributed by atoms with E-state index in [4.69, 9.17) is 10.5 Å². The van der Waals surface area contributed by atoms with Crippen molar-refractivity contribution < 1.29 is 4.74 Å². The molecular weight excluding hydrogens is 186 g/mol. The molecule has 1 aliphatic carbocycles. The Labute approximate surface area is 94.6 Å². The third kappa shape index (κ3) is 4.52. The molecule has 0 aliphatic heterocycles. The normalized spacial score (nSPS) is 24.4. The van der Waals surface area contributed by atoms with Crippen LogP contribution in [0.5, 0.6) is 0 Å². The van der Waals surface area contributed by atoms with E-state index in [1.165, 1.54) is 25.7 Å². The molecule has 0 heterocycles. The highest BCUT2D eigenvalue weighted by Gasteiger charge is 2.27. The molecule has 1 aliphatic rings. The third-order valence-corrected chi connectivity index (χ3v) is 3.67. The van der Waals surface area contributed by atoms with Gasteiger partial charge in [-0.25, -0.2) is 0 Å². The van der Waals surface area contributed by atoms with Gasteiger partial charge in [-0.15, -0.1) is 0 Å². The van der Waals surface area contributed by atoms with Crippen LogP contribution in [0.4, 0.5) is 0 Å². The maximum atomic E-state index is 5.96. The zero-order chi connectivity index (χ0) is 11.5. The van der Waals surface area contributed by atoms with Crippen LogP contribution in [0.2, 0.25) is 0 Å². The molecule has 0 aromatic rings. The van der Waals surface area contributed by atoms with Gasteiger partial charge in [-0.1, -0.05) is 27.7 Å². The highest BCUT2D eigenvalue weighted by Crippen LogP contribution is 2.36. The van der Waals surface area contributed by atoms with Crippen LogP contribution in [0, 0.1) is 11.3 Å². The number of rotatable bonds is 4. The van der Waals surface area contributed by atoms with Gasteiger partial charge in [0.05, 0.1) is 12.7 Å². The maximum absolute atomic E-state index is 5.96. The predicted octanol–water partition coefficient (Wildman–Crippen LogP) is 2.96. The Kier molecular flexibility index (Phi) is 4.60. The second-order valence-corrected chi connectivity index (χ2v) is 6.10. The quantitative estimate of drug-likeness (QED) is 0.779. The number of hydrogen-bond acceptors (Lipinski definition) is 2. The number of nitrogens with two attached hydrogens (primary N) is 1. The minimum Gasteiger partial charge on any atom is -0.377 e. The first-order chi connectivity index (χ1) is 6.91. The van der Waals surface area contributed by atoms with Crippen LogP contribution in [-0.2, 0) is 4.74 Å². The highest BCUT2D eigenvalue weighted by molar-refractivity contribution is 4.79. The Morgan fingerprint density at radius 1 is 1.27 bits per heavy atom. The van der Waals surface area contributed by atoms with Crippen molar-refractivity contribution >= 4 is 0 Å². The Hall–Kier alpha value is -0.0800. The van der Waals surface area contributed by atoms with Gasteiger partial charge in [0.15, 0.2) is 0 Å². The summed E-state index contributed by atoms with van der Waals surface area (Å²) >= 11 is 0. The van der Waals surface area contributed by atoms with E-state index in [0.29, 0.717) is 17.4 Å². The third-order valence-electron chi connectivity index (χ3n) is 3.67. The second kappa shape index (κ2) is 5.31. The summed E-state index contributed by atoms with van der Waals surface area (Å²) in [5.41, 5.74) is 6.49. The highest BCUT2D eigenvalue weighted by atomic mass is 16.5. The summed E-state index contributed by atoms with van der Waals surface area (Å²) in [4.78, 5) is 0. The van der Waals surface area contributed by atoms with Crippen LogP contribution >= 0.6 is 0 Å². The first kappa shape index (κ1) is 13.0. The molecule has 15 heavy (non-hydrogen) atoms. The molecule has 1 unspecified atom stereocenters. The lowest BCUT2D eigenvalue weighted by Gasteiger charge is -2.34. The number of ether oxygens (including phenoxy) is 1. The minimum absolute atomic E-state index is 0.194. The molecule has 0 spiro atoms. The summed E-state index contributed by atoms with van der Waals surface area (Å²) < 4.78 is 5.87. The van der Waals surface area contributed by atoms with Crippen LogP contribution in [-0.4, -0.2) is 18.8 Å². The van der Waals surface area contributed by atoms with Gasteiger partial charge < -0.3 is 10.5 Å². The minimum atomic E-state index is 0.194. The molecule has 0 amide bonds. The molecule has 0 saturated heterocycles. The Morgan fingerprint density at radius 3 is 2.27 bits per heavy atom. The average molecular weight is 213 g/mol. The maximum Gasteiger partial charge on any atom is 0.0623 e. The first-order valence-electron chi connectivity index (χ1n) is 6.28. The van der Waals surface area contributed by atoms with Crippen LogP contribution < -0.4 is 5.73 Å². The van der Waals surface area contributed by atoms with Gasteiger partial charge in [-0.2, -0.15) is 0 Å². The second-order valence-electron chi connectivity index (χ2n) is 6.10. The van der Waals surface area contributed by atoms with Crippen LogP contribution in [0.25, 0.3) is 0 Å². The summed E-state index contributed by atoms with van der Waals surface area (Å²) in [5.74, 6) is 0.519. The van der Waals surface area contributed by atoms with E-state index >= 15 is 0 Å². The predicted molar refractivity (Wildman–Crippen MR) is 64.8 cm³/mol. The molecule has 90 valence electrons. The van der Waals surface area contributed by atoms with Crippen molar-refractivity contribution in [3.05, 3.63) is 0 Å². The van der Waals surface area contributed by atoms with E-state index < -0.39 is 0 Å². The Bertz CT molecular complexity index is 179. The van der Waals surface area contributed by atoms with E-state index in [1.54, 1.807) is 0 Å². The lowest BCUT2D eigenvalue weighted by atomic mass is 9.76. The van der Waals surface area contributed by atoms with Gasteiger partial charge >= 0.3 is 0 Å². The molecule has 1 atom stereocenters. The number of hydrogen-bond donors (Lipinski definition) is 1. The standard InChI is InChI=1S/C13H27NO/c1-10(2)12(14)9-15-11-5-7-13(3,4)8-6-11/h10-12H,5-9,14H2,1-4H3. The molecule has 1 rings (SSSR count). The smallest absolute Gasteiger partial charge is 0.0623 e. The van der Waals surface area contributed by atoms with Crippen molar-refractivity contribution in [3.63, 3.8) is 0 Å². The summed E-state index contributed by atoms with van der Waals surface area (Å²) in [6.07, 6.45) is 5.45. The van der Waals surface area contributed by atoms with E-state index in [2.05, 4.69) is 27.7 Å². The molecule has 2 N–H and O–H groups in total.